The van der Waals surface area contributed by atoms with Crippen LogP contribution < -0.4 is 15.4 Å². The highest BCUT2D eigenvalue weighted by Crippen LogP contribution is 2.40. The van der Waals surface area contributed by atoms with E-state index in [1.165, 1.54) is 13.2 Å². The van der Waals surface area contributed by atoms with Crippen LogP contribution in [0.1, 0.15) is 43.0 Å². The first-order chi connectivity index (χ1) is 14.0. The van der Waals surface area contributed by atoms with Gasteiger partial charge in [0.25, 0.3) is 0 Å². The van der Waals surface area contributed by atoms with Gasteiger partial charge in [-0.3, -0.25) is 5.32 Å². The van der Waals surface area contributed by atoms with E-state index in [4.69, 9.17) is 4.74 Å². The number of carbonyl (C=O) groups is 1. The van der Waals surface area contributed by atoms with Crippen LogP contribution in [-0.4, -0.2) is 22.9 Å². The van der Waals surface area contributed by atoms with Gasteiger partial charge in [0.1, 0.15) is 5.82 Å². The zero-order valence-corrected chi connectivity index (χ0v) is 16.4. The lowest BCUT2D eigenvalue weighted by atomic mass is 10.1. The molecule has 1 unspecified atom stereocenters. The zero-order valence-electron chi connectivity index (χ0n) is 16.4. The van der Waals surface area contributed by atoms with Crippen molar-refractivity contribution in [2.75, 3.05) is 12.4 Å². The van der Waals surface area contributed by atoms with Crippen LogP contribution in [0.15, 0.2) is 54.6 Å². The molecule has 29 heavy (non-hydrogen) atoms. The number of aromatic nitrogens is 2. The first-order valence-electron chi connectivity index (χ1n) is 9.61. The number of nitrogens with zero attached hydrogens (tertiary/aromatic N) is 2. The Labute approximate surface area is 168 Å². The number of hydrogen-bond acceptors (Lipinski definition) is 3. The first-order valence-corrected chi connectivity index (χ1v) is 9.61. The molecule has 2 aromatic carbocycles. The average molecular weight is 394 g/mol. The van der Waals surface area contributed by atoms with Gasteiger partial charge in [-0.1, -0.05) is 24.3 Å². The molecule has 6 nitrogen and oxygen atoms in total. The van der Waals surface area contributed by atoms with Crippen molar-refractivity contribution in [3.63, 3.8) is 0 Å². The van der Waals surface area contributed by atoms with Crippen molar-refractivity contribution in [1.82, 2.24) is 15.1 Å². The van der Waals surface area contributed by atoms with Gasteiger partial charge in [-0.2, -0.15) is 5.10 Å². The van der Waals surface area contributed by atoms with E-state index in [0.29, 0.717) is 17.3 Å². The minimum Gasteiger partial charge on any atom is -0.494 e. The number of rotatable bonds is 6. The summed E-state index contributed by atoms with van der Waals surface area (Å²) in [6, 6.07) is 15.5. The van der Waals surface area contributed by atoms with Gasteiger partial charge in [-0.05, 0) is 49.6 Å². The largest absolute Gasteiger partial charge is 0.494 e. The topological polar surface area (TPSA) is 68.2 Å². The summed E-state index contributed by atoms with van der Waals surface area (Å²) in [5, 5.41) is 10.4. The van der Waals surface area contributed by atoms with Crippen LogP contribution in [-0.2, 0) is 0 Å². The van der Waals surface area contributed by atoms with Crippen LogP contribution >= 0.6 is 0 Å². The van der Waals surface area contributed by atoms with Gasteiger partial charge in [-0.15, -0.1) is 0 Å². The average Bonchev–Trinajstić information content (AvgIpc) is 3.49. The molecule has 0 aliphatic heterocycles. The Kier molecular flexibility index (Phi) is 5.20. The number of halogens is 1. The van der Waals surface area contributed by atoms with Crippen LogP contribution in [0.5, 0.6) is 5.75 Å². The molecule has 3 aromatic rings. The molecule has 0 radical (unpaired) electrons. The second-order valence-electron chi connectivity index (χ2n) is 7.19. The number of benzene rings is 2. The summed E-state index contributed by atoms with van der Waals surface area (Å²) in [6.45, 7) is 1.80. The molecule has 4 rings (SSSR count). The van der Waals surface area contributed by atoms with E-state index in [1.54, 1.807) is 23.7 Å². The van der Waals surface area contributed by atoms with Crippen molar-refractivity contribution in [3.05, 3.63) is 71.7 Å². The summed E-state index contributed by atoms with van der Waals surface area (Å²) >= 11 is 0. The van der Waals surface area contributed by atoms with Gasteiger partial charge in [-0.25, -0.2) is 13.9 Å². The van der Waals surface area contributed by atoms with Crippen LogP contribution in [0, 0.1) is 5.82 Å². The Morgan fingerprint density at radius 3 is 2.62 bits per heavy atom. The van der Waals surface area contributed by atoms with Crippen molar-refractivity contribution < 1.29 is 13.9 Å². The fraction of sp³-hybridized carbons (Fsp3) is 0.273. The molecular formula is C22H23FN4O2. The number of ether oxygens (including phenoxy) is 1. The summed E-state index contributed by atoms with van der Waals surface area (Å²) in [5.74, 6) is 0.772. The molecule has 1 fully saturated rings. The van der Waals surface area contributed by atoms with Crippen molar-refractivity contribution in [2.45, 2.75) is 31.7 Å². The van der Waals surface area contributed by atoms with E-state index in [9.17, 15) is 9.18 Å². The number of para-hydroxylation sites is 1. The number of anilines is 1. The summed E-state index contributed by atoms with van der Waals surface area (Å²) in [5.41, 5.74) is 2.50. The van der Waals surface area contributed by atoms with Crippen molar-refractivity contribution in [1.29, 1.82) is 0 Å². The number of urea groups is 1. The maximum absolute atomic E-state index is 14.0. The van der Waals surface area contributed by atoms with Gasteiger partial charge < -0.3 is 10.1 Å². The number of nitrogens with one attached hydrogen (secondary N) is 2. The Morgan fingerprint density at radius 1 is 1.21 bits per heavy atom. The Balaban J connectivity index is 1.50. The molecule has 150 valence electrons. The fourth-order valence-electron chi connectivity index (χ4n) is 3.22. The smallest absolute Gasteiger partial charge is 0.320 e. The van der Waals surface area contributed by atoms with E-state index in [-0.39, 0.29) is 17.8 Å². The molecule has 2 amide bonds. The zero-order chi connectivity index (χ0) is 20.4. The highest BCUT2D eigenvalue weighted by molar-refractivity contribution is 5.89. The van der Waals surface area contributed by atoms with Gasteiger partial charge in [0.15, 0.2) is 11.6 Å². The highest BCUT2D eigenvalue weighted by Gasteiger charge is 2.28. The monoisotopic (exact) mass is 394 g/mol. The molecule has 7 heteroatoms. The van der Waals surface area contributed by atoms with Crippen LogP contribution in [0.2, 0.25) is 0 Å². The summed E-state index contributed by atoms with van der Waals surface area (Å²) in [7, 11) is 1.42. The SMILES string of the molecule is COc1ccc(C(C)NC(=O)Nc2cc(C3CC3)nn2-c2ccccc2)cc1F. The third-order valence-corrected chi connectivity index (χ3v) is 4.99. The van der Waals surface area contributed by atoms with Crippen molar-refractivity contribution in [3.8, 4) is 11.4 Å². The molecule has 1 heterocycles. The van der Waals surface area contributed by atoms with Crippen molar-refractivity contribution in [2.24, 2.45) is 0 Å². The summed E-state index contributed by atoms with van der Waals surface area (Å²) in [6.07, 6.45) is 2.25. The minimum absolute atomic E-state index is 0.171. The number of methoxy groups -OCH3 is 1. The molecule has 1 saturated carbocycles. The lowest BCUT2D eigenvalue weighted by Gasteiger charge is -2.16. The molecule has 0 spiro atoms. The van der Waals surface area contributed by atoms with Gasteiger partial charge >= 0.3 is 6.03 Å². The standard InChI is InChI=1S/C22H23FN4O2/c1-14(16-10-11-20(29-2)18(23)12-16)24-22(28)25-21-13-19(15-8-9-15)26-27(21)17-6-4-3-5-7-17/h3-7,10-15H,8-9H2,1-2H3,(H2,24,25,28). The van der Waals surface area contributed by atoms with Crippen LogP contribution in [0.4, 0.5) is 15.0 Å². The van der Waals surface area contributed by atoms with Gasteiger partial charge in [0.05, 0.1) is 24.5 Å². The maximum atomic E-state index is 14.0. The molecule has 1 aromatic heterocycles. The first kappa shape index (κ1) is 19.0. The molecule has 0 saturated heterocycles. The van der Waals surface area contributed by atoms with Gasteiger partial charge in [0, 0.05) is 12.0 Å². The predicted molar refractivity (Wildman–Crippen MR) is 109 cm³/mol. The lowest BCUT2D eigenvalue weighted by molar-refractivity contribution is 0.249. The summed E-state index contributed by atoms with van der Waals surface area (Å²) < 4.78 is 20.6. The fourth-order valence-corrected chi connectivity index (χ4v) is 3.22. The summed E-state index contributed by atoms with van der Waals surface area (Å²) in [4.78, 5) is 12.6. The predicted octanol–water partition coefficient (Wildman–Crippen LogP) is 4.78. The molecule has 1 aliphatic carbocycles. The van der Waals surface area contributed by atoms with E-state index in [1.807, 2.05) is 36.4 Å². The molecule has 1 atom stereocenters. The molecule has 0 bridgehead atoms. The Bertz CT molecular complexity index is 1010. The number of hydrogen-bond donors (Lipinski definition) is 2. The minimum atomic E-state index is -0.463. The van der Waals surface area contributed by atoms with Crippen LogP contribution in [0.3, 0.4) is 0 Å². The quantitative estimate of drug-likeness (QED) is 0.632. The molecule has 1 aliphatic rings. The van der Waals surface area contributed by atoms with Crippen molar-refractivity contribution >= 4 is 11.8 Å². The number of amides is 2. The van der Waals surface area contributed by atoms with E-state index >= 15 is 0 Å². The molecule has 2 N–H and O–H groups in total. The third kappa shape index (κ3) is 4.23. The number of carbonyl (C=O) groups excluding carboxylic acids is 1. The maximum Gasteiger partial charge on any atom is 0.320 e. The second-order valence-corrected chi connectivity index (χ2v) is 7.19. The van der Waals surface area contributed by atoms with Gasteiger partial charge in [0.2, 0.25) is 0 Å². The third-order valence-electron chi connectivity index (χ3n) is 4.99. The normalized spacial score (nSPS) is 14.3. The highest BCUT2D eigenvalue weighted by atomic mass is 19.1. The lowest BCUT2D eigenvalue weighted by Crippen LogP contribution is -2.32. The van der Waals surface area contributed by atoms with E-state index < -0.39 is 5.82 Å². The Morgan fingerprint density at radius 2 is 1.97 bits per heavy atom. The van der Waals surface area contributed by atoms with Crippen LogP contribution in [0.25, 0.3) is 5.69 Å². The second kappa shape index (κ2) is 7.95. The Hall–Kier alpha value is -3.35. The van der Waals surface area contributed by atoms with E-state index in [0.717, 1.165) is 24.2 Å². The van der Waals surface area contributed by atoms with E-state index in [2.05, 4.69) is 15.7 Å². The molecular weight excluding hydrogens is 371 g/mol.